The van der Waals surface area contributed by atoms with Crippen LogP contribution in [0, 0.1) is 0 Å². The van der Waals surface area contributed by atoms with E-state index in [2.05, 4.69) is 43.8 Å². The first-order chi connectivity index (χ1) is 12.9. The second-order valence-corrected chi connectivity index (χ2v) is 7.70. The maximum atomic E-state index is 11.9. The second kappa shape index (κ2) is 7.81. The summed E-state index contributed by atoms with van der Waals surface area (Å²) in [5, 5.41) is 11.3. The lowest BCUT2D eigenvalue weighted by Crippen LogP contribution is -2.17. The van der Waals surface area contributed by atoms with Crippen molar-refractivity contribution in [3.05, 3.63) is 51.3 Å². The van der Waals surface area contributed by atoms with Crippen LogP contribution < -0.4 is 0 Å². The molecule has 0 radical (unpaired) electrons. The summed E-state index contributed by atoms with van der Waals surface area (Å²) in [6, 6.07) is 3.84. The number of carbonyl (C=O) groups is 1. The molecule has 0 aliphatic carbocycles. The van der Waals surface area contributed by atoms with E-state index in [9.17, 15) is 9.90 Å². The fraction of sp³-hybridized carbons (Fsp3) is 0.409. The number of aromatic nitrogens is 1. The third-order valence-corrected chi connectivity index (χ3v) is 5.83. The van der Waals surface area contributed by atoms with Crippen molar-refractivity contribution in [2.75, 3.05) is 13.6 Å². The second-order valence-electron chi connectivity index (χ2n) is 7.29. The molecular formula is C22H27ClN2O2. The standard InChI is InChI=1S/C22H27ClN2O2/c1-5-6-9-15-16-10-11-17(23)19(20(16)24-21(15)22(26)27)18-13(2)8-7-12-25(4)14(18)3/h8,10-11,24H,5-7,9,12H2,1-4H3,(H,26,27). The molecular weight excluding hydrogens is 360 g/mol. The summed E-state index contributed by atoms with van der Waals surface area (Å²) in [7, 11) is 2.08. The van der Waals surface area contributed by atoms with Gasteiger partial charge in [0.25, 0.3) is 0 Å². The van der Waals surface area contributed by atoms with E-state index in [0.717, 1.165) is 65.5 Å². The first-order valence-electron chi connectivity index (χ1n) is 9.52. The summed E-state index contributed by atoms with van der Waals surface area (Å²) >= 11 is 6.67. The zero-order valence-electron chi connectivity index (χ0n) is 16.4. The molecule has 2 heterocycles. The SMILES string of the molecule is CCCCc1c(C(=O)O)[nH]c2c(C3=C(C)N(C)CCC=C3C)c(Cl)ccc12. The molecule has 3 rings (SSSR count). The number of hydrogen-bond acceptors (Lipinski definition) is 2. The number of halogens is 1. The van der Waals surface area contributed by atoms with Crippen molar-refractivity contribution in [3.8, 4) is 0 Å². The monoisotopic (exact) mass is 386 g/mol. The van der Waals surface area contributed by atoms with Crippen molar-refractivity contribution in [3.63, 3.8) is 0 Å². The molecule has 5 heteroatoms. The van der Waals surface area contributed by atoms with Crippen LogP contribution in [0.15, 0.2) is 29.5 Å². The number of carboxylic acid groups (broad SMARTS) is 1. The van der Waals surface area contributed by atoms with Crippen molar-refractivity contribution in [2.24, 2.45) is 0 Å². The number of unbranched alkanes of at least 4 members (excludes halogenated alkanes) is 1. The molecule has 4 nitrogen and oxygen atoms in total. The number of H-pyrrole nitrogens is 1. The van der Waals surface area contributed by atoms with E-state index in [1.165, 1.54) is 5.57 Å². The highest BCUT2D eigenvalue weighted by atomic mass is 35.5. The summed E-state index contributed by atoms with van der Waals surface area (Å²) in [6.45, 7) is 7.27. The minimum absolute atomic E-state index is 0.281. The maximum Gasteiger partial charge on any atom is 0.352 e. The van der Waals surface area contributed by atoms with Crippen LogP contribution in [0.1, 0.15) is 61.6 Å². The Morgan fingerprint density at radius 1 is 1.33 bits per heavy atom. The van der Waals surface area contributed by atoms with Crippen LogP contribution in [0.25, 0.3) is 16.5 Å². The topological polar surface area (TPSA) is 56.3 Å². The number of hydrogen-bond donors (Lipinski definition) is 2. The van der Waals surface area contributed by atoms with E-state index in [1.807, 2.05) is 12.1 Å². The molecule has 0 amide bonds. The van der Waals surface area contributed by atoms with Crippen LogP contribution in [-0.2, 0) is 6.42 Å². The fourth-order valence-corrected chi connectivity index (χ4v) is 4.18. The summed E-state index contributed by atoms with van der Waals surface area (Å²) in [5.41, 5.74) is 6.29. The zero-order chi connectivity index (χ0) is 19.7. The number of benzene rings is 1. The molecule has 0 saturated heterocycles. The van der Waals surface area contributed by atoms with Gasteiger partial charge in [-0.1, -0.05) is 37.1 Å². The highest BCUT2D eigenvalue weighted by Crippen LogP contribution is 2.40. The Balaban J connectivity index is 2.35. The molecule has 0 atom stereocenters. The quantitative estimate of drug-likeness (QED) is 0.675. The van der Waals surface area contributed by atoms with E-state index in [4.69, 9.17) is 11.6 Å². The fourth-order valence-electron chi connectivity index (χ4n) is 3.93. The lowest BCUT2D eigenvalue weighted by Gasteiger charge is -2.22. The van der Waals surface area contributed by atoms with Gasteiger partial charge < -0.3 is 15.0 Å². The van der Waals surface area contributed by atoms with Gasteiger partial charge in [0.1, 0.15) is 5.69 Å². The minimum atomic E-state index is -0.921. The molecule has 1 aliphatic rings. The van der Waals surface area contributed by atoms with E-state index >= 15 is 0 Å². The van der Waals surface area contributed by atoms with Crippen LogP contribution in [-0.4, -0.2) is 34.6 Å². The summed E-state index contributed by atoms with van der Waals surface area (Å²) in [4.78, 5) is 17.3. The largest absolute Gasteiger partial charge is 0.477 e. The van der Waals surface area contributed by atoms with Crippen LogP contribution in [0.4, 0.5) is 0 Å². The predicted molar refractivity (Wildman–Crippen MR) is 112 cm³/mol. The van der Waals surface area contributed by atoms with Crippen molar-refractivity contribution in [1.82, 2.24) is 9.88 Å². The summed E-state index contributed by atoms with van der Waals surface area (Å²) in [5.74, 6) is -0.921. The number of rotatable bonds is 5. The summed E-state index contributed by atoms with van der Waals surface area (Å²) in [6.07, 6.45) is 5.92. The minimum Gasteiger partial charge on any atom is -0.477 e. The highest BCUT2D eigenvalue weighted by Gasteiger charge is 2.24. The van der Waals surface area contributed by atoms with Crippen molar-refractivity contribution in [2.45, 2.75) is 46.5 Å². The number of aromatic carboxylic acids is 1. The maximum absolute atomic E-state index is 11.9. The average molecular weight is 387 g/mol. The number of carboxylic acids is 1. The van der Waals surface area contributed by atoms with Crippen LogP contribution >= 0.6 is 11.6 Å². The van der Waals surface area contributed by atoms with Crippen LogP contribution in [0.5, 0.6) is 0 Å². The third-order valence-electron chi connectivity index (χ3n) is 5.52. The van der Waals surface area contributed by atoms with E-state index in [-0.39, 0.29) is 5.69 Å². The van der Waals surface area contributed by atoms with Gasteiger partial charge in [-0.25, -0.2) is 4.79 Å². The molecule has 0 spiro atoms. The lowest BCUT2D eigenvalue weighted by atomic mass is 9.93. The van der Waals surface area contributed by atoms with Crippen LogP contribution in [0.2, 0.25) is 5.02 Å². The van der Waals surface area contributed by atoms with Gasteiger partial charge >= 0.3 is 5.97 Å². The van der Waals surface area contributed by atoms with Gasteiger partial charge in [-0.15, -0.1) is 0 Å². The number of nitrogens with one attached hydrogen (secondary N) is 1. The Hall–Kier alpha value is -2.20. The molecule has 0 saturated carbocycles. The van der Waals surface area contributed by atoms with Crippen molar-refractivity contribution < 1.29 is 9.90 Å². The van der Waals surface area contributed by atoms with Gasteiger partial charge in [-0.2, -0.15) is 0 Å². The van der Waals surface area contributed by atoms with Crippen molar-refractivity contribution >= 4 is 34.0 Å². The van der Waals surface area contributed by atoms with Gasteiger partial charge in [0.15, 0.2) is 0 Å². The number of aryl methyl sites for hydroxylation is 1. The Morgan fingerprint density at radius 2 is 2.07 bits per heavy atom. The van der Waals surface area contributed by atoms with Crippen LogP contribution in [0.3, 0.4) is 0 Å². The Morgan fingerprint density at radius 3 is 2.74 bits per heavy atom. The molecule has 1 aromatic heterocycles. The van der Waals surface area contributed by atoms with Crippen molar-refractivity contribution in [1.29, 1.82) is 0 Å². The smallest absolute Gasteiger partial charge is 0.352 e. The lowest BCUT2D eigenvalue weighted by molar-refractivity contribution is 0.0690. The molecule has 144 valence electrons. The van der Waals surface area contributed by atoms with E-state index in [0.29, 0.717) is 5.02 Å². The Bertz CT molecular complexity index is 953. The van der Waals surface area contributed by atoms with E-state index < -0.39 is 5.97 Å². The average Bonchev–Trinajstić information content (AvgIpc) is 2.94. The zero-order valence-corrected chi connectivity index (χ0v) is 17.2. The first-order valence-corrected chi connectivity index (χ1v) is 9.90. The Labute approximate surface area is 165 Å². The van der Waals surface area contributed by atoms with Gasteiger partial charge in [0.05, 0.1) is 10.5 Å². The summed E-state index contributed by atoms with van der Waals surface area (Å²) < 4.78 is 0. The molecule has 2 aromatic rings. The van der Waals surface area contributed by atoms with Gasteiger partial charge in [0.2, 0.25) is 0 Å². The Kier molecular flexibility index (Phi) is 5.66. The highest BCUT2D eigenvalue weighted by molar-refractivity contribution is 6.34. The third kappa shape index (κ3) is 3.51. The molecule has 0 fully saturated rings. The normalized spacial score (nSPS) is 15.3. The van der Waals surface area contributed by atoms with Gasteiger partial charge in [-0.3, -0.25) is 0 Å². The molecule has 2 N–H and O–H groups in total. The molecule has 1 aromatic carbocycles. The number of nitrogens with zero attached hydrogens (tertiary/aromatic N) is 1. The van der Waals surface area contributed by atoms with E-state index in [1.54, 1.807) is 0 Å². The predicted octanol–water partition coefficient (Wildman–Crippen LogP) is 5.87. The molecule has 1 aliphatic heterocycles. The number of allylic oxidation sites excluding steroid dienone is 3. The molecule has 27 heavy (non-hydrogen) atoms. The number of fused-ring (bicyclic) bond motifs is 1. The molecule has 0 bridgehead atoms. The van der Waals surface area contributed by atoms with Gasteiger partial charge in [0, 0.05) is 35.8 Å². The molecule has 0 unspecified atom stereocenters. The number of aromatic amines is 1. The van der Waals surface area contributed by atoms with Gasteiger partial charge in [-0.05, 0) is 50.3 Å². The first kappa shape index (κ1) is 19.6.